The van der Waals surface area contributed by atoms with Crippen LogP contribution in [-0.2, 0) is 8.25 Å². The van der Waals surface area contributed by atoms with Crippen LogP contribution in [0.4, 0.5) is 9.05 Å². The van der Waals surface area contributed by atoms with Crippen molar-refractivity contribution in [2.24, 2.45) is 0 Å². The molecule has 0 radical (unpaired) electrons. The molecule has 0 saturated carbocycles. The van der Waals surface area contributed by atoms with E-state index in [9.17, 15) is 0 Å². The number of halogens is 2. The zero-order valence-electron chi connectivity index (χ0n) is 2.88. The summed E-state index contributed by atoms with van der Waals surface area (Å²) < 4.78 is 41.5. The van der Waals surface area contributed by atoms with Crippen LogP contribution in [0.2, 0.25) is 0 Å². The van der Waals surface area contributed by atoms with Crippen LogP contribution in [0.15, 0.2) is 0 Å². The van der Waals surface area contributed by atoms with E-state index in [1.54, 1.807) is 0 Å². The van der Waals surface area contributed by atoms with Gasteiger partial charge in [0.25, 0.3) is 0 Å². The molecule has 0 aromatic rings. The molecular formula is H2F2O4Te. The number of hydrogen-bond donors (Lipinski definition) is 2. The second kappa shape index (κ2) is 9.59. The van der Waals surface area contributed by atoms with E-state index in [0.717, 1.165) is 0 Å². The Bertz CT molecular complexity index is 41.0. The van der Waals surface area contributed by atoms with Gasteiger partial charge in [-0.2, -0.15) is 0 Å². The van der Waals surface area contributed by atoms with Crippen molar-refractivity contribution in [1.82, 2.24) is 0 Å². The van der Waals surface area contributed by atoms with Gasteiger partial charge in [-0.25, -0.2) is 0 Å². The quantitative estimate of drug-likeness (QED) is 0.534. The minimum absolute atomic E-state index is 1.25. The molecule has 0 saturated heterocycles. The Morgan fingerprint density at radius 1 is 1.43 bits per heavy atom. The monoisotopic (exact) mass is 234 g/mol. The maximum absolute atomic E-state index is 9.12. The number of hydrogen-bond acceptors (Lipinski definition) is 2. The van der Waals surface area contributed by atoms with Crippen molar-refractivity contribution in [3.63, 3.8) is 0 Å². The Balaban J connectivity index is 0. The molecule has 0 heterocycles. The summed E-state index contributed by atoms with van der Waals surface area (Å²) in [5.41, 5.74) is 0. The van der Waals surface area contributed by atoms with Crippen molar-refractivity contribution in [2.75, 3.05) is 0 Å². The summed E-state index contributed by atoms with van der Waals surface area (Å²) in [5.74, 6) is 0. The van der Waals surface area contributed by atoms with Gasteiger partial charge in [0.05, 0.1) is 0 Å². The van der Waals surface area contributed by atoms with Crippen molar-refractivity contribution in [2.45, 2.75) is 0 Å². The molecule has 7 heavy (non-hydrogen) atoms. The van der Waals surface area contributed by atoms with Gasteiger partial charge in [-0.15, -0.1) is 0 Å². The molecule has 0 aliphatic heterocycles. The minimum atomic E-state index is -3.61. The van der Waals surface area contributed by atoms with Crippen LogP contribution in [0, 0.1) is 0 Å². The van der Waals surface area contributed by atoms with E-state index < -0.39 is 20.4 Å². The summed E-state index contributed by atoms with van der Waals surface area (Å²) in [5, 5.41) is 1.25. The molecule has 0 bridgehead atoms. The molecule has 0 aromatic carbocycles. The zero-order valence-corrected chi connectivity index (χ0v) is 5.21. The average Bonchev–Trinajstić information content (AvgIpc) is 1.33. The van der Waals surface area contributed by atoms with Crippen molar-refractivity contribution < 1.29 is 24.2 Å². The molecule has 0 fully saturated rings. The van der Waals surface area contributed by atoms with E-state index in [1.165, 1.54) is 5.15 Å². The molecule has 0 rings (SSSR count). The van der Waals surface area contributed by atoms with Gasteiger partial charge in [0.1, 0.15) is 0 Å². The van der Waals surface area contributed by atoms with Crippen LogP contribution >= 0.6 is 0 Å². The Labute approximate surface area is 45.2 Å². The third-order valence-corrected chi connectivity index (χ3v) is 0. The summed E-state index contributed by atoms with van der Waals surface area (Å²) in [6.45, 7) is 0. The Morgan fingerprint density at radius 2 is 1.43 bits per heavy atom. The molecule has 46 valence electrons. The summed E-state index contributed by atoms with van der Waals surface area (Å²) in [6, 6.07) is 0. The first kappa shape index (κ1) is 10.3. The molecular weight excluding hydrogens is 230 g/mol. The molecule has 0 unspecified atom stereocenters. The molecule has 0 aliphatic rings. The standard InChI is InChI=1S/F2O.H2O3Te/c1-3-2;1-4(2)3/h;(H2,1,2,3). The van der Waals surface area contributed by atoms with Gasteiger partial charge in [-0.05, 0) is 9.05 Å². The third-order valence-electron chi connectivity index (χ3n) is 0. The van der Waals surface area contributed by atoms with E-state index in [1.807, 2.05) is 0 Å². The van der Waals surface area contributed by atoms with Gasteiger partial charge in [0.15, 0.2) is 0 Å². The topological polar surface area (TPSA) is 66.8 Å². The number of rotatable bonds is 0. The molecule has 0 atom stereocenters. The van der Waals surface area contributed by atoms with Crippen molar-refractivity contribution in [3.05, 3.63) is 0 Å². The van der Waals surface area contributed by atoms with Gasteiger partial charge in [-0.1, -0.05) is 0 Å². The van der Waals surface area contributed by atoms with Crippen molar-refractivity contribution in [3.8, 4) is 0 Å². The van der Waals surface area contributed by atoms with Crippen LogP contribution in [0.3, 0.4) is 0 Å². The maximum atomic E-state index is 9.12. The summed E-state index contributed by atoms with van der Waals surface area (Å²) >= 11 is -3.61. The SMILES string of the molecule is FOF.O=[Te](O)O. The normalized spacial score (nSPS) is 7.57. The van der Waals surface area contributed by atoms with E-state index in [-0.39, 0.29) is 0 Å². The Morgan fingerprint density at radius 3 is 1.43 bits per heavy atom. The van der Waals surface area contributed by atoms with E-state index in [0.29, 0.717) is 0 Å². The average molecular weight is 232 g/mol. The van der Waals surface area contributed by atoms with Crippen LogP contribution < -0.4 is 0 Å². The fourth-order valence-corrected chi connectivity index (χ4v) is 0. The van der Waals surface area contributed by atoms with Crippen LogP contribution in [-0.4, -0.2) is 27.3 Å². The van der Waals surface area contributed by atoms with Gasteiger partial charge in [0.2, 0.25) is 0 Å². The van der Waals surface area contributed by atoms with Gasteiger partial charge >= 0.3 is 30.4 Å². The third kappa shape index (κ3) is 1090. The molecule has 0 spiro atoms. The molecule has 0 aliphatic carbocycles. The molecule has 0 amide bonds. The fraction of sp³-hybridized carbons (Fsp3) is 0. The second-order valence-corrected chi connectivity index (χ2v) is 1.61. The summed E-state index contributed by atoms with van der Waals surface area (Å²) in [4.78, 5) is 0. The van der Waals surface area contributed by atoms with Gasteiger partial charge in [0, 0.05) is 5.15 Å². The first-order chi connectivity index (χ1) is 3.15. The fourth-order valence-electron chi connectivity index (χ4n) is 0. The molecule has 2 N–H and O–H groups in total. The summed E-state index contributed by atoms with van der Waals surface area (Å²) in [7, 11) is 0. The first-order valence-electron chi connectivity index (χ1n) is 0.840. The van der Waals surface area contributed by atoms with Crippen molar-refractivity contribution in [1.29, 1.82) is 0 Å². The van der Waals surface area contributed by atoms with E-state index in [2.05, 4.69) is 0 Å². The predicted molar refractivity (Wildman–Crippen MR) is 14.2 cm³/mol. The van der Waals surface area contributed by atoms with Crippen LogP contribution in [0.5, 0.6) is 0 Å². The molecule has 7 heteroatoms. The van der Waals surface area contributed by atoms with Gasteiger partial charge < -0.3 is 0 Å². The molecule has 0 aromatic heterocycles. The Kier molecular flexibility index (Phi) is 14.2. The Hall–Kier alpha value is 0.330. The predicted octanol–water partition coefficient (Wildman–Crippen LogP) is -0.842. The zero-order chi connectivity index (χ0) is 6.28. The van der Waals surface area contributed by atoms with E-state index >= 15 is 0 Å². The van der Waals surface area contributed by atoms with Crippen LogP contribution in [0.1, 0.15) is 0 Å². The van der Waals surface area contributed by atoms with Gasteiger partial charge in [-0.3, -0.25) is 0 Å². The van der Waals surface area contributed by atoms with Crippen LogP contribution in [0.25, 0.3) is 0 Å². The van der Waals surface area contributed by atoms with Crippen molar-refractivity contribution >= 4 is 20.4 Å². The molecule has 4 nitrogen and oxygen atoms in total. The first-order valence-corrected chi connectivity index (χ1v) is 3.88. The van der Waals surface area contributed by atoms with E-state index in [4.69, 9.17) is 19.1 Å². The summed E-state index contributed by atoms with van der Waals surface area (Å²) in [6.07, 6.45) is 0. The second-order valence-electron chi connectivity index (χ2n) is 0.289.